The fourth-order valence-corrected chi connectivity index (χ4v) is 2.12. The molecule has 1 N–H and O–H groups in total. The van der Waals surface area contributed by atoms with Gasteiger partial charge >= 0.3 is 0 Å². The maximum atomic E-state index is 12.5. The van der Waals surface area contributed by atoms with Crippen LogP contribution < -0.4 is 10.1 Å². The van der Waals surface area contributed by atoms with Crippen molar-refractivity contribution in [3.8, 4) is 11.7 Å². The molecule has 0 aliphatic heterocycles. The predicted molar refractivity (Wildman–Crippen MR) is 93.9 cm³/mol. The number of ether oxygens (including phenoxy) is 1. The summed E-state index contributed by atoms with van der Waals surface area (Å²) in [5.41, 5.74) is 1.00. The van der Waals surface area contributed by atoms with Crippen molar-refractivity contribution in [2.24, 2.45) is 5.92 Å². The lowest BCUT2D eigenvalue weighted by Crippen LogP contribution is -2.15. The lowest BCUT2D eigenvalue weighted by molar-refractivity contribution is 0.102. The number of anilines is 1. The molecule has 0 spiro atoms. The number of carbonyl (C=O) groups is 1. The molecule has 0 unspecified atom stereocenters. The zero-order valence-electron chi connectivity index (χ0n) is 14.1. The highest BCUT2D eigenvalue weighted by atomic mass is 16.5. The van der Waals surface area contributed by atoms with Crippen LogP contribution in [0.3, 0.4) is 0 Å². The van der Waals surface area contributed by atoms with Crippen LogP contribution in [0.25, 0.3) is 5.82 Å². The van der Waals surface area contributed by atoms with Crippen molar-refractivity contribution in [2.75, 3.05) is 11.9 Å². The van der Waals surface area contributed by atoms with Crippen molar-refractivity contribution in [2.45, 2.75) is 13.8 Å². The first-order valence-electron chi connectivity index (χ1n) is 7.98. The number of amides is 1. The molecule has 3 rings (SSSR count). The smallest absolute Gasteiger partial charge is 0.257 e. The molecule has 128 valence electrons. The Kier molecular flexibility index (Phi) is 5.03. The Morgan fingerprint density at radius 1 is 1.20 bits per heavy atom. The monoisotopic (exact) mass is 337 g/mol. The number of aromatic nitrogens is 4. The van der Waals surface area contributed by atoms with Crippen molar-refractivity contribution in [3.63, 3.8) is 0 Å². The van der Waals surface area contributed by atoms with Crippen molar-refractivity contribution in [1.82, 2.24) is 19.7 Å². The van der Waals surface area contributed by atoms with E-state index in [0.29, 0.717) is 35.5 Å². The van der Waals surface area contributed by atoms with E-state index in [2.05, 4.69) is 34.2 Å². The van der Waals surface area contributed by atoms with Crippen LogP contribution in [0.2, 0.25) is 0 Å². The van der Waals surface area contributed by atoms with Crippen LogP contribution in [0.15, 0.2) is 55.1 Å². The lowest BCUT2D eigenvalue weighted by atomic mass is 10.2. The van der Waals surface area contributed by atoms with E-state index in [-0.39, 0.29) is 5.91 Å². The second-order valence-corrected chi connectivity index (χ2v) is 5.87. The summed E-state index contributed by atoms with van der Waals surface area (Å²) in [6.07, 6.45) is 6.56. The Bertz CT molecular complexity index is 829. The fourth-order valence-electron chi connectivity index (χ4n) is 2.12. The van der Waals surface area contributed by atoms with Crippen LogP contribution >= 0.6 is 0 Å². The Morgan fingerprint density at radius 3 is 2.76 bits per heavy atom. The van der Waals surface area contributed by atoms with Crippen molar-refractivity contribution in [1.29, 1.82) is 0 Å². The predicted octanol–water partition coefficient (Wildman–Crippen LogP) is 2.95. The summed E-state index contributed by atoms with van der Waals surface area (Å²) in [5, 5.41) is 6.99. The highest BCUT2D eigenvalue weighted by Gasteiger charge is 2.12. The minimum Gasteiger partial charge on any atom is -0.477 e. The molecule has 0 aliphatic rings. The van der Waals surface area contributed by atoms with Crippen LogP contribution in [0, 0.1) is 5.92 Å². The van der Waals surface area contributed by atoms with Crippen LogP contribution in [0.4, 0.5) is 5.69 Å². The molecule has 3 aromatic rings. The minimum absolute atomic E-state index is 0.274. The highest BCUT2D eigenvalue weighted by molar-refractivity contribution is 6.04. The van der Waals surface area contributed by atoms with Gasteiger partial charge < -0.3 is 10.1 Å². The molecule has 0 fully saturated rings. The normalized spacial score (nSPS) is 10.7. The Balaban J connectivity index is 1.73. The van der Waals surface area contributed by atoms with E-state index in [9.17, 15) is 4.79 Å². The second kappa shape index (κ2) is 7.57. The van der Waals surface area contributed by atoms with E-state index in [1.165, 1.54) is 6.20 Å². The molecular weight excluding hydrogens is 318 g/mol. The molecule has 0 atom stereocenters. The highest BCUT2D eigenvalue weighted by Crippen LogP contribution is 2.17. The first kappa shape index (κ1) is 16.6. The van der Waals surface area contributed by atoms with Gasteiger partial charge in [-0.15, -0.1) is 0 Å². The Labute approximate surface area is 145 Å². The number of carbonyl (C=O) groups excluding carboxylic acids is 1. The third kappa shape index (κ3) is 4.20. The average molecular weight is 337 g/mol. The van der Waals surface area contributed by atoms with Gasteiger partial charge in [0.1, 0.15) is 0 Å². The van der Waals surface area contributed by atoms with Gasteiger partial charge in [-0.05, 0) is 30.2 Å². The van der Waals surface area contributed by atoms with Crippen LogP contribution in [-0.4, -0.2) is 32.3 Å². The van der Waals surface area contributed by atoms with E-state index in [4.69, 9.17) is 4.74 Å². The van der Waals surface area contributed by atoms with Crippen LogP contribution in [0.1, 0.15) is 24.2 Å². The molecule has 1 amide bonds. The number of nitrogens with one attached hydrogen (secondary N) is 1. The van der Waals surface area contributed by atoms with Crippen molar-refractivity contribution in [3.05, 3.63) is 60.7 Å². The first-order valence-corrected chi connectivity index (χ1v) is 7.98. The number of rotatable bonds is 6. The van der Waals surface area contributed by atoms with Crippen LogP contribution in [0.5, 0.6) is 5.88 Å². The lowest BCUT2D eigenvalue weighted by Gasteiger charge is -2.10. The Morgan fingerprint density at radius 2 is 2.08 bits per heavy atom. The average Bonchev–Trinajstić information content (AvgIpc) is 3.15. The number of hydrogen-bond donors (Lipinski definition) is 1. The molecule has 0 saturated heterocycles. The van der Waals surface area contributed by atoms with Gasteiger partial charge in [-0.1, -0.05) is 13.8 Å². The Hall–Kier alpha value is -3.22. The summed E-state index contributed by atoms with van der Waals surface area (Å²) in [7, 11) is 0. The number of pyridine rings is 2. The van der Waals surface area contributed by atoms with E-state index in [1.807, 2.05) is 0 Å². The van der Waals surface area contributed by atoms with E-state index >= 15 is 0 Å². The van der Waals surface area contributed by atoms with Gasteiger partial charge in [-0.3, -0.25) is 4.79 Å². The van der Waals surface area contributed by atoms with E-state index in [1.54, 1.807) is 53.6 Å². The number of nitrogens with zero attached hydrogens (tertiary/aromatic N) is 4. The molecule has 3 aromatic heterocycles. The standard InChI is InChI=1S/C18H19N5O2/c1-13(2)12-25-16-7-6-14(11-20-16)18(24)22-15-5-3-8-19-17(15)23-10-4-9-21-23/h3-11,13H,12H2,1-2H3,(H,22,24). The SMILES string of the molecule is CC(C)COc1ccc(C(=O)Nc2cccnc2-n2cccn2)cn1. The molecule has 3 heterocycles. The minimum atomic E-state index is -0.274. The largest absolute Gasteiger partial charge is 0.477 e. The molecule has 25 heavy (non-hydrogen) atoms. The maximum Gasteiger partial charge on any atom is 0.257 e. The second-order valence-electron chi connectivity index (χ2n) is 5.87. The van der Waals surface area contributed by atoms with Crippen molar-refractivity contribution < 1.29 is 9.53 Å². The summed E-state index contributed by atoms with van der Waals surface area (Å²) in [4.78, 5) is 20.9. The molecule has 7 nitrogen and oxygen atoms in total. The fraction of sp³-hybridized carbons (Fsp3) is 0.222. The molecule has 0 saturated carbocycles. The van der Waals surface area contributed by atoms with E-state index in [0.717, 1.165) is 0 Å². The molecule has 0 aliphatic carbocycles. The van der Waals surface area contributed by atoms with Crippen molar-refractivity contribution >= 4 is 11.6 Å². The summed E-state index contributed by atoms with van der Waals surface area (Å²) < 4.78 is 7.12. The third-order valence-electron chi connectivity index (χ3n) is 3.32. The first-order chi connectivity index (χ1) is 12.1. The zero-order chi connectivity index (χ0) is 17.6. The zero-order valence-corrected chi connectivity index (χ0v) is 14.1. The topological polar surface area (TPSA) is 81.9 Å². The number of hydrogen-bond acceptors (Lipinski definition) is 5. The van der Waals surface area contributed by atoms with Crippen LogP contribution in [-0.2, 0) is 0 Å². The van der Waals surface area contributed by atoms with Gasteiger partial charge in [0.05, 0.1) is 17.9 Å². The van der Waals surface area contributed by atoms with Gasteiger partial charge in [0.25, 0.3) is 5.91 Å². The summed E-state index contributed by atoms with van der Waals surface area (Å²) >= 11 is 0. The van der Waals surface area contributed by atoms with Gasteiger partial charge in [0.2, 0.25) is 5.88 Å². The molecule has 0 bridgehead atoms. The van der Waals surface area contributed by atoms with Gasteiger partial charge in [-0.25, -0.2) is 14.6 Å². The summed E-state index contributed by atoms with van der Waals surface area (Å²) in [6, 6.07) is 8.69. The molecule has 0 radical (unpaired) electrons. The van der Waals surface area contributed by atoms with Gasteiger partial charge in [0.15, 0.2) is 5.82 Å². The molecule has 0 aromatic carbocycles. The molecular formula is C18H19N5O2. The summed E-state index contributed by atoms with van der Waals surface area (Å²) in [5.74, 6) is 1.19. The third-order valence-corrected chi connectivity index (χ3v) is 3.32. The van der Waals surface area contributed by atoms with Gasteiger partial charge in [-0.2, -0.15) is 5.10 Å². The van der Waals surface area contributed by atoms with Gasteiger partial charge in [0, 0.05) is 30.9 Å². The van der Waals surface area contributed by atoms with E-state index < -0.39 is 0 Å². The summed E-state index contributed by atoms with van der Waals surface area (Å²) in [6.45, 7) is 4.71. The molecule has 7 heteroatoms. The maximum absolute atomic E-state index is 12.5. The quantitative estimate of drug-likeness (QED) is 0.748.